The number of ether oxygens (including phenoxy) is 1. The Morgan fingerprint density at radius 3 is 2.48 bits per heavy atom. The van der Waals surface area contributed by atoms with Crippen LogP contribution < -0.4 is 16.0 Å². The van der Waals surface area contributed by atoms with E-state index in [9.17, 15) is 4.79 Å². The second-order valence-electron chi connectivity index (χ2n) is 5.37. The molecule has 0 aliphatic heterocycles. The highest BCUT2D eigenvalue weighted by atomic mass is 127. The molecule has 1 aliphatic rings. The Hall–Kier alpha value is -0.570. The van der Waals surface area contributed by atoms with Gasteiger partial charge in [0.2, 0.25) is 5.91 Å². The maximum atomic E-state index is 11.6. The van der Waals surface area contributed by atoms with Crippen molar-refractivity contribution >= 4 is 35.8 Å². The Labute approximate surface area is 144 Å². The summed E-state index contributed by atoms with van der Waals surface area (Å²) in [5.74, 6) is 1.48. The SMILES string of the molecule is CN=C(NCC(=O)NCCOC)NC1CCC(C)CC1.I. The third-order valence-corrected chi connectivity index (χ3v) is 3.63. The summed E-state index contributed by atoms with van der Waals surface area (Å²) in [6, 6.07) is 0.467. The fourth-order valence-corrected chi connectivity index (χ4v) is 2.31. The van der Waals surface area contributed by atoms with E-state index in [0.29, 0.717) is 25.2 Å². The summed E-state index contributed by atoms with van der Waals surface area (Å²) < 4.78 is 4.88. The molecule has 0 spiro atoms. The first kappa shape index (κ1) is 20.4. The average Bonchev–Trinajstić information content (AvgIpc) is 2.45. The number of hydrogen-bond donors (Lipinski definition) is 3. The Balaban J connectivity index is 0.00000400. The number of rotatable bonds is 6. The molecule has 0 heterocycles. The van der Waals surface area contributed by atoms with Gasteiger partial charge in [-0.05, 0) is 31.6 Å². The van der Waals surface area contributed by atoms with Gasteiger partial charge >= 0.3 is 0 Å². The van der Waals surface area contributed by atoms with Crippen molar-refractivity contribution in [2.24, 2.45) is 10.9 Å². The largest absolute Gasteiger partial charge is 0.383 e. The van der Waals surface area contributed by atoms with Gasteiger partial charge in [-0.1, -0.05) is 6.92 Å². The second-order valence-corrected chi connectivity index (χ2v) is 5.37. The van der Waals surface area contributed by atoms with Crippen LogP contribution in [-0.4, -0.2) is 51.8 Å². The molecular weight excluding hydrogens is 383 g/mol. The summed E-state index contributed by atoms with van der Waals surface area (Å²) in [4.78, 5) is 15.7. The first-order valence-corrected chi connectivity index (χ1v) is 7.38. The molecule has 1 saturated carbocycles. The second kappa shape index (κ2) is 12.0. The van der Waals surface area contributed by atoms with E-state index in [0.717, 1.165) is 5.92 Å². The van der Waals surface area contributed by atoms with Crippen LogP contribution in [0.25, 0.3) is 0 Å². The zero-order chi connectivity index (χ0) is 14.8. The number of nitrogens with zero attached hydrogens (tertiary/aromatic N) is 1. The summed E-state index contributed by atoms with van der Waals surface area (Å²) in [6.07, 6.45) is 4.85. The van der Waals surface area contributed by atoms with Crippen LogP contribution in [0.3, 0.4) is 0 Å². The van der Waals surface area contributed by atoms with Crippen LogP contribution in [0.4, 0.5) is 0 Å². The number of hydrogen-bond acceptors (Lipinski definition) is 3. The molecule has 3 N–H and O–H groups in total. The molecule has 0 bridgehead atoms. The van der Waals surface area contributed by atoms with Gasteiger partial charge in [-0.15, -0.1) is 24.0 Å². The number of halogens is 1. The predicted molar refractivity (Wildman–Crippen MR) is 96.2 cm³/mol. The van der Waals surface area contributed by atoms with Gasteiger partial charge in [0.1, 0.15) is 0 Å². The Bertz CT molecular complexity index is 318. The lowest BCUT2D eigenvalue weighted by Gasteiger charge is -2.28. The maximum Gasteiger partial charge on any atom is 0.239 e. The molecule has 21 heavy (non-hydrogen) atoms. The maximum absolute atomic E-state index is 11.6. The van der Waals surface area contributed by atoms with Gasteiger partial charge in [-0.25, -0.2) is 0 Å². The van der Waals surface area contributed by atoms with Crippen molar-refractivity contribution < 1.29 is 9.53 Å². The summed E-state index contributed by atoms with van der Waals surface area (Å²) in [5.41, 5.74) is 0. The summed E-state index contributed by atoms with van der Waals surface area (Å²) >= 11 is 0. The first-order chi connectivity index (χ1) is 9.65. The number of carbonyl (C=O) groups excluding carboxylic acids is 1. The minimum Gasteiger partial charge on any atom is -0.383 e. The fraction of sp³-hybridized carbons (Fsp3) is 0.857. The normalized spacial score (nSPS) is 22.1. The van der Waals surface area contributed by atoms with E-state index in [1.54, 1.807) is 14.2 Å². The fourth-order valence-electron chi connectivity index (χ4n) is 2.31. The van der Waals surface area contributed by atoms with Gasteiger partial charge in [0.15, 0.2) is 5.96 Å². The van der Waals surface area contributed by atoms with Crippen LogP contribution in [-0.2, 0) is 9.53 Å². The molecule has 124 valence electrons. The van der Waals surface area contributed by atoms with Gasteiger partial charge in [-0.2, -0.15) is 0 Å². The van der Waals surface area contributed by atoms with E-state index in [2.05, 4.69) is 27.9 Å². The van der Waals surface area contributed by atoms with Gasteiger partial charge in [-0.3, -0.25) is 9.79 Å². The van der Waals surface area contributed by atoms with Crippen LogP contribution in [0, 0.1) is 5.92 Å². The van der Waals surface area contributed by atoms with Gasteiger partial charge in [0.05, 0.1) is 13.2 Å². The van der Waals surface area contributed by atoms with Crippen molar-refractivity contribution in [3.8, 4) is 0 Å². The van der Waals surface area contributed by atoms with Crippen molar-refractivity contribution in [2.75, 3.05) is 33.9 Å². The number of guanidine groups is 1. The van der Waals surface area contributed by atoms with E-state index in [1.807, 2.05) is 0 Å². The molecule has 0 saturated heterocycles. The van der Waals surface area contributed by atoms with Crippen LogP contribution in [0.15, 0.2) is 4.99 Å². The van der Waals surface area contributed by atoms with E-state index in [4.69, 9.17) is 4.74 Å². The number of carbonyl (C=O) groups is 1. The molecular formula is C14H29IN4O2. The Kier molecular flexibility index (Phi) is 11.7. The molecule has 7 heteroatoms. The smallest absolute Gasteiger partial charge is 0.239 e. The molecule has 0 aromatic heterocycles. The topological polar surface area (TPSA) is 74.8 Å². The molecule has 0 atom stereocenters. The molecule has 0 unspecified atom stereocenters. The number of amides is 1. The minimum absolute atomic E-state index is 0. The van der Waals surface area contributed by atoms with Crippen molar-refractivity contribution in [3.05, 3.63) is 0 Å². The lowest BCUT2D eigenvalue weighted by atomic mass is 9.87. The predicted octanol–water partition coefficient (Wildman–Crippen LogP) is 1.11. The Morgan fingerprint density at radius 1 is 1.24 bits per heavy atom. The lowest BCUT2D eigenvalue weighted by molar-refractivity contribution is -0.120. The highest BCUT2D eigenvalue weighted by Crippen LogP contribution is 2.23. The number of aliphatic imine (C=N–C) groups is 1. The highest BCUT2D eigenvalue weighted by Gasteiger charge is 2.18. The van der Waals surface area contributed by atoms with E-state index in [-0.39, 0.29) is 36.4 Å². The van der Waals surface area contributed by atoms with Crippen molar-refractivity contribution in [3.63, 3.8) is 0 Å². The van der Waals surface area contributed by atoms with Gasteiger partial charge in [0, 0.05) is 26.7 Å². The molecule has 0 aromatic carbocycles. The van der Waals surface area contributed by atoms with Crippen LogP contribution >= 0.6 is 24.0 Å². The summed E-state index contributed by atoms with van der Waals surface area (Å²) in [6.45, 7) is 3.59. The third kappa shape index (κ3) is 9.13. The summed E-state index contributed by atoms with van der Waals surface area (Å²) in [5, 5.41) is 9.19. The number of nitrogens with one attached hydrogen (secondary N) is 3. The van der Waals surface area contributed by atoms with Crippen LogP contribution in [0.1, 0.15) is 32.6 Å². The van der Waals surface area contributed by atoms with E-state index in [1.165, 1.54) is 25.7 Å². The van der Waals surface area contributed by atoms with Crippen molar-refractivity contribution in [2.45, 2.75) is 38.6 Å². The third-order valence-electron chi connectivity index (χ3n) is 3.63. The summed E-state index contributed by atoms with van der Waals surface area (Å²) in [7, 11) is 3.34. The number of methoxy groups -OCH3 is 1. The molecule has 6 nitrogen and oxygen atoms in total. The highest BCUT2D eigenvalue weighted by molar-refractivity contribution is 14.0. The standard InChI is InChI=1S/C14H28N4O2.HI/c1-11-4-6-12(7-5-11)18-14(15-2)17-10-13(19)16-8-9-20-3;/h11-12H,4-10H2,1-3H3,(H,16,19)(H2,15,17,18);1H. The van der Waals surface area contributed by atoms with Gasteiger partial charge < -0.3 is 20.7 Å². The van der Waals surface area contributed by atoms with Crippen LogP contribution in [0.5, 0.6) is 0 Å². The molecule has 1 amide bonds. The van der Waals surface area contributed by atoms with Crippen LogP contribution in [0.2, 0.25) is 0 Å². The molecule has 0 aromatic rings. The molecule has 1 aliphatic carbocycles. The van der Waals surface area contributed by atoms with Gasteiger partial charge in [0.25, 0.3) is 0 Å². The zero-order valence-electron chi connectivity index (χ0n) is 13.3. The average molecular weight is 412 g/mol. The zero-order valence-corrected chi connectivity index (χ0v) is 15.6. The minimum atomic E-state index is -0.0535. The van der Waals surface area contributed by atoms with Crippen molar-refractivity contribution in [1.82, 2.24) is 16.0 Å². The monoisotopic (exact) mass is 412 g/mol. The molecule has 1 rings (SSSR count). The first-order valence-electron chi connectivity index (χ1n) is 7.38. The Morgan fingerprint density at radius 2 is 1.90 bits per heavy atom. The lowest BCUT2D eigenvalue weighted by Crippen LogP contribution is -2.47. The quantitative estimate of drug-likeness (QED) is 0.265. The van der Waals surface area contributed by atoms with Crippen molar-refractivity contribution in [1.29, 1.82) is 0 Å². The molecule has 0 radical (unpaired) electrons. The van der Waals surface area contributed by atoms with E-state index < -0.39 is 0 Å². The molecule has 1 fully saturated rings. The van der Waals surface area contributed by atoms with E-state index >= 15 is 0 Å².